The molecule has 1 aromatic rings. The number of hydrogen-bond acceptors (Lipinski definition) is 5. The summed E-state index contributed by atoms with van der Waals surface area (Å²) in [6.07, 6.45) is 11.3. The fourth-order valence-corrected chi connectivity index (χ4v) is 4.18. The molecule has 3 rings (SSSR count). The van der Waals surface area contributed by atoms with Crippen molar-refractivity contribution in [2.45, 2.75) is 82.5 Å². The quantitative estimate of drug-likeness (QED) is 0.881. The summed E-state index contributed by atoms with van der Waals surface area (Å²) in [7, 11) is 0. The second-order valence-electron chi connectivity index (χ2n) is 7.42. The Morgan fingerprint density at radius 1 is 1.36 bits per heavy atom. The van der Waals surface area contributed by atoms with Crippen LogP contribution in [0.5, 0.6) is 0 Å². The van der Waals surface area contributed by atoms with Crippen molar-refractivity contribution in [1.29, 1.82) is 5.26 Å². The first kappa shape index (κ1) is 17.9. The van der Waals surface area contributed by atoms with E-state index in [0.29, 0.717) is 0 Å². The van der Waals surface area contributed by atoms with Crippen LogP contribution in [0.2, 0.25) is 0 Å². The number of aromatic nitrogens is 3. The van der Waals surface area contributed by atoms with Gasteiger partial charge in [-0.2, -0.15) is 10.4 Å². The van der Waals surface area contributed by atoms with Gasteiger partial charge in [-0.25, -0.2) is 4.98 Å². The predicted molar refractivity (Wildman–Crippen MR) is 93.4 cm³/mol. The van der Waals surface area contributed by atoms with E-state index < -0.39 is 5.54 Å². The molecule has 1 aromatic heterocycles. The zero-order valence-electron chi connectivity index (χ0n) is 15.0. The number of piperidine rings is 1. The van der Waals surface area contributed by atoms with Gasteiger partial charge in [0.15, 0.2) is 0 Å². The molecular formula is C18H28N6O. The molecule has 1 N–H and O–H groups in total. The molecule has 1 aliphatic heterocycles. The van der Waals surface area contributed by atoms with Crippen LogP contribution in [0.25, 0.3) is 0 Å². The summed E-state index contributed by atoms with van der Waals surface area (Å²) in [5.41, 5.74) is -0.666. The van der Waals surface area contributed by atoms with Crippen molar-refractivity contribution in [3.05, 3.63) is 12.7 Å². The van der Waals surface area contributed by atoms with Gasteiger partial charge in [0, 0.05) is 6.04 Å². The smallest absolute Gasteiger partial charge is 0.238 e. The van der Waals surface area contributed by atoms with Crippen LogP contribution < -0.4 is 5.32 Å². The number of hydrogen-bond donors (Lipinski definition) is 1. The molecule has 0 spiro atoms. The minimum atomic E-state index is -0.666. The Bertz CT molecular complexity index is 602. The van der Waals surface area contributed by atoms with E-state index in [1.807, 2.05) is 11.6 Å². The highest BCUT2D eigenvalue weighted by atomic mass is 16.2. The van der Waals surface area contributed by atoms with Crippen molar-refractivity contribution in [2.24, 2.45) is 0 Å². The first-order chi connectivity index (χ1) is 12.1. The summed E-state index contributed by atoms with van der Waals surface area (Å²) in [5.74, 6) is -0.0195. The van der Waals surface area contributed by atoms with E-state index in [9.17, 15) is 10.1 Å². The number of nitriles is 1. The van der Waals surface area contributed by atoms with Gasteiger partial charge in [-0.15, -0.1) is 0 Å². The highest BCUT2D eigenvalue weighted by Crippen LogP contribution is 2.28. The van der Waals surface area contributed by atoms with E-state index in [1.165, 1.54) is 6.42 Å². The number of rotatable bonds is 5. The summed E-state index contributed by atoms with van der Waals surface area (Å²) < 4.78 is 1.84. The molecule has 1 saturated carbocycles. The zero-order chi connectivity index (χ0) is 17.7. The van der Waals surface area contributed by atoms with Gasteiger partial charge in [-0.1, -0.05) is 25.7 Å². The topological polar surface area (TPSA) is 86.8 Å². The van der Waals surface area contributed by atoms with Crippen molar-refractivity contribution in [3.63, 3.8) is 0 Å². The number of carbonyl (C=O) groups is 1. The fourth-order valence-electron chi connectivity index (χ4n) is 4.18. The lowest BCUT2D eigenvalue weighted by Crippen LogP contribution is -2.58. The van der Waals surface area contributed by atoms with Crippen LogP contribution >= 0.6 is 0 Å². The summed E-state index contributed by atoms with van der Waals surface area (Å²) in [4.78, 5) is 19.2. The maximum Gasteiger partial charge on any atom is 0.238 e. The van der Waals surface area contributed by atoms with Crippen LogP contribution in [0.15, 0.2) is 12.7 Å². The molecule has 1 aliphatic carbocycles. The molecule has 2 atom stereocenters. The summed E-state index contributed by atoms with van der Waals surface area (Å²) in [6, 6.07) is 2.42. The highest BCUT2D eigenvalue weighted by molar-refractivity contribution is 5.82. The molecule has 0 radical (unpaired) electrons. The van der Waals surface area contributed by atoms with E-state index in [4.69, 9.17) is 0 Å². The van der Waals surface area contributed by atoms with Crippen molar-refractivity contribution in [1.82, 2.24) is 25.0 Å². The lowest BCUT2D eigenvalue weighted by molar-refractivity contribution is -0.129. The van der Waals surface area contributed by atoms with E-state index in [-0.39, 0.29) is 18.0 Å². The monoisotopic (exact) mass is 344 g/mol. The molecule has 0 aromatic carbocycles. The van der Waals surface area contributed by atoms with Crippen LogP contribution in [-0.2, 0) is 11.3 Å². The minimum absolute atomic E-state index is 0.0195. The Hall–Kier alpha value is -1.94. The van der Waals surface area contributed by atoms with Gasteiger partial charge in [0.05, 0.1) is 18.7 Å². The molecule has 1 amide bonds. The van der Waals surface area contributed by atoms with Crippen LogP contribution in [0.4, 0.5) is 0 Å². The standard InChI is InChI=1S/C18H28N6O/c1-15(17(25)22-18(12-19)8-4-2-5-9-18)24-10-6-3-7-16(24)11-23-14-20-13-21-23/h13-16H,2-11H2,1H3,(H,22,25)/t15-,16-/m0/s1. The summed E-state index contributed by atoms with van der Waals surface area (Å²) >= 11 is 0. The maximum absolute atomic E-state index is 12.9. The number of carbonyl (C=O) groups excluding carboxylic acids is 1. The predicted octanol–water partition coefficient (Wildman–Crippen LogP) is 1.86. The fraction of sp³-hybridized carbons (Fsp3) is 0.778. The normalized spacial score (nSPS) is 25.0. The number of likely N-dealkylation sites (tertiary alicyclic amines) is 1. The highest BCUT2D eigenvalue weighted by Gasteiger charge is 2.37. The molecule has 1 saturated heterocycles. The second-order valence-corrected chi connectivity index (χ2v) is 7.42. The molecule has 136 valence electrons. The Morgan fingerprint density at radius 2 is 2.16 bits per heavy atom. The van der Waals surface area contributed by atoms with Crippen LogP contribution in [-0.4, -0.2) is 49.7 Å². The first-order valence-electron chi connectivity index (χ1n) is 9.45. The van der Waals surface area contributed by atoms with Crippen molar-refractivity contribution >= 4 is 5.91 Å². The third-order valence-corrected chi connectivity index (χ3v) is 5.70. The number of amides is 1. The van der Waals surface area contributed by atoms with Gasteiger partial charge < -0.3 is 5.32 Å². The number of nitrogens with zero attached hydrogens (tertiary/aromatic N) is 5. The number of nitrogens with one attached hydrogen (secondary N) is 1. The second kappa shape index (κ2) is 7.96. The summed E-state index contributed by atoms with van der Waals surface area (Å²) in [6.45, 7) is 3.62. The van der Waals surface area contributed by atoms with Gasteiger partial charge in [-0.3, -0.25) is 14.4 Å². The average molecular weight is 344 g/mol. The Labute approximate surface area is 149 Å². The average Bonchev–Trinajstić information content (AvgIpc) is 3.15. The molecule has 0 unspecified atom stereocenters. The van der Waals surface area contributed by atoms with Crippen molar-refractivity contribution < 1.29 is 4.79 Å². The lowest BCUT2D eigenvalue weighted by atomic mass is 9.82. The van der Waals surface area contributed by atoms with Gasteiger partial charge in [0.2, 0.25) is 5.91 Å². The molecule has 2 fully saturated rings. The van der Waals surface area contributed by atoms with Crippen molar-refractivity contribution in [3.8, 4) is 6.07 Å². The van der Waals surface area contributed by atoms with E-state index >= 15 is 0 Å². The zero-order valence-corrected chi connectivity index (χ0v) is 15.0. The van der Waals surface area contributed by atoms with E-state index in [2.05, 4.69) is 26.4 Å². The molecule has 7 heteroatoms. The third kappa shape index (κ3) is 4.18. The van der Waals surface area contributed by atoms with Crippen LogP contribution in [0.3, 0.4) is 0 Å². The van der Waals surface area contributed by atoms with Gasteiger partial charge >= 0.3 is 0 Å². The van der Waals surface area contributed by atoms with Crippen molar-refractivity contribution in [2.75, 3.05) is 6.54 Å². The molecule has 25 heavy (non-hydrogen) atoms. The lowest BCUT2D eigenvalue weighted by Gasteiger charge is -2.40. The largest absolute Gasteiger partial charge is 0.336 e. The van der Waals surface area contributed by atoms with Gasteiger partial charge in [0.1, 0.15) is 18.2 Å². The van der Waals surface area contributed by atoms with E-state index in [1.54, 1.807) is 12.7 Å². The maximum atomic E-state index is 12.9. The molecule has 2 heterocycles. The van der Waals surface area contributed by atoms with Crippen LogP contribution in [0, 0.1) is 11.3 Å². The van der Waals surface area contributed by atoms with Gasteiger partial charge in [-0.05, 0) is 39.2 Å². The van der Waals surface area contributed by atoms with Crippen LogP contribution in [0.1, 0.15) is 58.3 Å². The Morgan fingerprint density at radius 3 is 2.84 bits per heavy atom. The molecular weight excluding hydrogens is 316 g/mol. The Balaban J connectivity index is 1.65. The first-order valence-corrected chi connectivity index (χ1v) is 9.45. The molecule has 2 aliphatic rings. The minimum Gasteiger partial charge on any atom is -0.336 e. The SMILES string of the molecule is C[C@@H](C(=O)NC1(C#N)CCCCC1)N1CCCC[C@H]1Cn1cncn1. The Kier molecular flexibility index (Phi) is 5.69. The third-order valence-electron chi connectivity index (χ3n) is 5.70. The molecule has 0 bridgehead atoms. The molecule has 7 nitrogen and oxygen atoms in total. The van der Waals surface area contributed by atoms with Gasteiger partial charge in [0.25, 0.3) is 0 Å². The summed E-state index contributed by atoms with van der Waals surface area (Å²) in [5, 5.41) is 16.9. The van der Waals surface area contributed by atoms with E-state index in [0.717, 1.165) is 58.0 Å².